The van der Waals surface area contributed by atoms with Crippen molar-refractivity contribution in [3.63, 3.8) is 0 Å². The Labute approximate surface area is 178 Å². The molecule has 2 heterocycles. The summed E-state index contributed by atoms with van der Waals surface area (Å²) in [6.07, 6.45) is 6.77. The Balaban J connectivity index is 1.44. The van der Waals surface area contributed by atoms with Gasteiger partial charge in [-0.15, -0.1) is 0 Å². The number of amides is 2. The lowest BCUT2D eigenvalue weighted by atomic mass is 10.2. The largest absolute Gasteiger partial charge is 0.497 e. The molecule has 0 unspecified atom stereocenters. The number of carbonyl (C=O) groups excluding carboxylic acids is 2. The zero-order valence-corrected chi connectivity index (χ0v) is 17.6. The Hall–Kier alpha value is -2.65. The van der Waals surface area contributed by atoms with Gasteiger partial charge in [-0.25, -0.2) is 4.98 Å². The summed E-state index contributed by atoms with van der Waals surface area (Å²) in [5.41, 5.74) is 1.88. The molecule has 0 aliphatic carbocycles. The number of methoxy groups -OCH3 is 1. The van der Waals surface area contributed by atoms with Crippen molar-refractivity contribution in [2.75, 3.05) is 20.2 Å². The van der Waals surface area contributed by atoms with Crippen LogP contribution < -0.4 is 10.1 Å². The van der Waals surface area contributed by atoms with Crippen LogP contribution in [0.3, 0.4) is 0 Å². The molecule has 0 spiro atoms. The zero-order chi connectivity index (χ0) is 20.6. The smallest absolute Gasteiger partial charge is 0.266 e. The van der Waals surface area contributed by atoms with Gasteiger partial charge in [0.2, 0.25) is 5.91 Å². The van der Waals surface area contributed by atoms with Gasteiger partial charge in [-0.3, -0.25) is 14.5 Å². The summed E-state index contributed by atoms with van der Waals surface area (Å²) in [5.74, 6) is 0.608. The summed E-state index contributed by atoms with van der Waals surface area (Å²) in [4.78, 5) is 33.7. The normalized spacial score (nSPS) is 15.2. The molecule has 1 fully saturated rings. The lowest BCUT2D eigenvalue weighted by Gasteiger charge is -2.14. The number of hydrogen-bond acceptors (Lipinski definition) is 6. The van der Waals surface area contributed by atoms with E-state index in [0.29, 0.717) is 41.6 Å². The molecule has 2 aromatic rings. The van der Waals surface area contributed by atoms with E-state index in [0.717, 1.165) is 17.0 Å². The van der Waals surface area contributed by atoms with Gasteiger partial charge in [-0.2, -0.15) is 0 Å². The fraction of sp³-hybridized carbons (Fsp3) is 0.300. The number of ether oxygens (including phenoxy) is 1. The van der Waals surface area contributed by atoms with E-state index in [1.807, 2.05) is 30.3 Å². The van der Waals surface area contributed by atoms with Crippen molar-refractivity contribution in [2.45, 2.75) is 19.3 Å². The average molecular weight is 431 g/mol. The maximum Gasteiger partial charge on any atom is 0.266 e. The average Bonchev–Trinajstić information content (AvgIpc) is 3.32. The van der Waals surface area contributed by atoms with E-state index in [9.17, 15) is 9.59 Å². The fourth-order valence-corrected chi connectivity index (χ4v) is 4.10. The van der Waals surface area contributed by atoms with Crippen LogP contribution in [0.15, 0.2) is 41.7 Å². The van der Waals surface area contributed by atoms with Crippen molar-refractivity contribution in [1.29, 1.82) is 0 Å². The van der Waals surface area contributed by atoms with E-state index in [1.54, 1.807) is 24.5 Å². The van der Waals surface area contributed by atoms with Crippen molar-refractivity contribution in [2.24, 2.45) is 0 Å². The monoisotopic (exact) mass is 430 g/mol. The first-order valence-corrected chi connectivity index (χ1v) is 10.4. The third-order valence-corrected chi connectivity index (χ3v) is 5.72. The summed E-state index contributed by atoms with van der Waals surface area (Å²) >= 11 is 6.63. The Morgan fingerprint density at radius 1 is 1.38 bits per heavy atom. The Bertz CT molecular complexity index is 895. The molecule has 29 heavy (non-hydrogen) atoms. The van der Waals surface area contributed by atoms with E-state index in [4.69, 9.17) is 17.0 Å². The predicted molar refractivity (Wildman–Crippen MR) is 117 cm³/mol. The highest BCUT2D eigenvalue weighted by Gasteiger charge is 2.31. The van der Waals surface area contributed by atoms with Gasteiger partial charge < -0.3 is 15.0 Å². The minimum atomic E-state index is -0.115. The van der Waals surface area contributed by atoms with Gasteiger partial charge in [0.25, 0.3) is 5.91 Å². The molecule has 0 saturated carbocycles. The first-order valence-electron chi connectivity index (χ1n) is 9.20. The van der Waals surface area contributed by atoms with Crippen LogP contribution in [0.1, 0.15) is 24.1 Å². The molecule has 9 heteroatoms. The minimum absolute atomic E-state index is 0.0382. The van der Waals surface area contributed by atoms with Crippen LogP contribution in [0, 0.1) is 0 Å². The maximum absolute atomic E-state index is 12.6. The standard InChI is InChI=1S/C20H22N4O3S2/c1-27-16-6-4-14(5-7-16)11-17-19(26)24(20(28)29-17)10-2-3-18(25)22-9-8-15-12-21-13-23-15/h4-7,11-13H,2-3,8-10H2,1H3,(H,21,23)(H,22,25)/b17-11-. The second kappa shape index (κ2) is 10.2. The summed E-state index contributed by atoms with van der Waals surface area (Å²) in [6, 6.07) is 7.47. The van der Waals surface area contributed by atoms with E-state index in [2.05, 4.69) is 15.3 Å². The van der Waals surface area contributed by atoms with Crippen molar-refractivity contribution < 1.29 is 14.3 Å². The molecule has 1 aliphatic rings. The molecule has 1 aliphatic heterocycles. The molecule has 3 rings (SSSR count). The predicted octanol–water partition coefficient (Wildman–Crippen LogP) is 2.76. The number of nitrogens with zero attached hydrogens (tertiary/aromatic N) is 2. The van der Waals surface area contributed by atoms with E-state index < -0.39 is 0 Å². The van der Waals surface area contributed by atoms with Gasteiger partial charge in [0.15, 0.2) is 0 Å². The topological polar surface area (TPSA) is 87.3 Å². The number of hydrogen-bond donors (Lipinski definition) is 2. The quantitative estimate of drug-likeness (QED) is 0.470. The van der Waals surface area contributed by atoms with Gasteiger partial charge in [-0.1, -0.05) is 36.1 Å². The lowest BCUT2D eigenvalue weighted by Crippen LogP contribution is -2.31. The molecule has 2 N–H and O–H groups in total. The maximum atomic E-state index is 12.6. The van der Waals surface area contributed by atoms with Crippen LogP contribution in [-0.4, -0.2) is 51.2 Å². The highest BCUT2D eigenvalue weighted by molar-refractivity contribution is 8.26. The summed E-state index contributed by atoms with van der Waals surface area (Å²) in [5, 5.41) is 2.87. The highest BCUT2D eigenvalue weighted by Crippen LogP contribution is 2.32. The third kappa shape index (κ3) is 5.91. The molecule has 1 aromatic heterocycles. The summed E-state index contributed by atoms with van der Waals surface area (Å²) in [7, 11) is 1.61. The Morgan fingerprint density at radius 3 is 2.86 bits per heavy atom. The lowest BCUT2D eigenvalue weighted by molar-refractivity contribution is -0.123. The van der Waals surface area contributed by atoms with Crippen LogP contribution in [0.25, 0.3) is 6.08 Å². The van der Waals surface area contributed by atoms with Crippen molar-refractivity contribution in [3.8, 4) is 5.75 Å². The second-order valence-corrected chi connectivity index (χ2v) is 8.06. The van der Waals surface area contributed by atoms with Crippen molar-refractivity contribution in [3.05, 3.63) is 53.0 Å². The minimum Gasteiger partial charge on any atom is -0.497 e. The first-order chi connectivity index (χ1) is 14.1. The number of thioether (sulfide) groups is 1. The van der Waals surface area contributed by atoms with Crippen molar-refractivity contribution in [1.82, 2.24) is 20.2 Å². The van der Waals surface area contributed by atoms with Gasteiger partial charge in [0.05, 0.1) is 18.3 Å². The summed E-state index contributed by atoms with van der Waals surface area (Å²) < 4.78 is 5.66. The molecular weight excluding hydrogens is 408 g/mol. The van der Waals surface area contributed by atoms with Crippen LogP contribution in [0.2, 0.25) is 0 Å². The van der Waals surface area contributed by atoms with Crippen LogP contribution >= 0.6 is 24.0 Å². The second-order valence-electron chi connectivity index (χ2n) is 6.39. The number of H-pyrrole nitrogens is 1. The number of rotatable bonds is 9. The Kier molecular flexibility index (Phi) is 7.42. The Morgan fingerprint density at radius 2 is 2.17 bits per heavy atom. The molecule has 0 bridgehead atoms. The van der Waals surface area contributed by atoms with Crippen LogP contribution in [0.4, 0.5) is 0 Å². The van der Waals surface area contributed by atoms with E-state index >= 15 is 0 Å². The number of imidazole rings is 1. The number of thiocarbonyl (C=S) groups is 1. The van der Waals surface area contributed by atoms with Crippen molar-refractivity contribution >= 4 is 46.2 Å². The van der Waals surface area contributed by atoms with Gasteiger partial charge in [0, 0.05) is 37.8 Å². The molecule has 1 saturated heterocycles. The van der Waals surface area contributed by atoms with Gasteiger partial charge in [-0.05, 0) is 30.2 Å². The molecule has 0 atom stereocenters. The molecule has 0 radical (unpaired) electrons. The van der Waals surface area contributed by atoms with E-state index in [1.165, 1.54) is 11.8 Å². The molecule has 2 amide bonds. The molecule has 152 valence electrons. The zero-order valence-electron chi connectivity index (χ0n) is 16.0. The highest BCUT2D eigenvalue weighted by atomic mass is 32.2. The molecule has 7 nitrogen and oxygen atoms in total. The fourth-order valence-electron chi connectivity index (χ4n) is 2.79. The molecule has 1 aromatic carbocycles. The molecular formula is C20H22N4O3S2. The van der Waals surface area contributed by atoms with Gasteiger partial charge in [0.1, 0.15) is 10.1 Å². The number of aromatic amines is 1. The van der Waals surface area contributed by atoms with Gasteiger partial charge >= 0.3 is 0 Å². The van der Waals surface area contributed by atoms with E-state index in [-0.39, 0.29) is 11.8 Å². The van der Waals surface area contributed by atoms with Crippen LogP contribution in [-0.2, 0) is 16.0 Å². The number of carbonyl (C=O) groups is 2. The third-order valence-electron chi connectivity index (χ3n) is 4.34. The summed E-state index contributed by atoms with van der Waals surface area (Å²) in [6.45, 7) is 0.977. The number of nitrogens with one attached hydrogen (secondary N) is 2. The van der Waals surface area contributed by atoms with Crippen LogP contribution in [0.5, 0.6) is 5.75 Å². The number of benzene rings is 1. The first kappa shape index (κ1) is 21.1. The number of aromatic nitrogens is 2. The SMILES string of the molecule is COc1ccc(/C=C2\SC(=S)N(CCCC(=O)NCCc3cnc[nH]3)C2=O)cc1.